The Hall–Kier alpha value is -2.45. The maximum Gasteiger partial charge on any atom is 0.410 e. The first-order valence-corrected chi connectivity index (χ1v) is 11.2. The number of ether oxygens (including phenoxy) is 1. The van der Waals surface area contributed by atoms with Crippen LogP contribution in [-0.2, 0) is 25.6 Å². The van der Waals surface area contributed by atoms with Gasteiger partial charge in [0.2, 0.25) is 0 Å². The summed E-state index contributed by atoms with van der Waals surface area (Å²) in [6.07, 6.45) is 1.15. The predicted octanol–water partition coefficient (Wildman–Crippen LogP) is 3.54. The average molecular weight is 421 g/mol. The molecule has 1 aliphatic heterocycles. The average Bonchev–Trinajstić information content (AvgIpc) is 2.71. The van der Waals surface area contributed by atoms with Crippen molar-refractivity contribution in [3.8, 4) is 0 Å². The van der Waals surface area contributed by atoms with Crippen molar-refractivity contribution in [3.63, 3.8) is 0 Å². The number of amides is 1. The van der Waals surface area contributed by atoms with Crippen LogP contribution in [0.2, 0.25) is 0 Å². The van der Waals surface area contributed by atoms with Gasteiger partial charge < -0.3 is 9.64 Å². The van der Waals surface area contributed by atoms with Crippen LogP contribution in [0, 0.1) is 11.7 Å². The van der Waals surface area contributed by atoms with Gasteiger partial charge in [0, 0.05) is 19.0 Å². The summed E-state index contributed by atoms with van der Waals surface area (Å²) in [5.74, 6) is -0.636. The van der Waals surface area contributed by atoms with Crippen LogP contribution >= 0.6 is 0 Å². The summed E-state index contributed by atoms with van der Waals surface area (Å²) in [6.45, 7) is 0.877. The van der Waals surface area contributed by atoms with Crippen LogP contribution in [0.1, 0.15) is 23.5 Å². The molecule has 1 fully saturated rings. The SMILES string of the molecule is CS(=O)(=O)OC[C@@H]1CN(C(=O)OCc2ccccc2)CC[C@H]1c1ccc(F)cc1. The highest BCUT2D eigenvalue weighted by atomic mass is 32.2. The summed E-state index contributed by atoms with van der Waals surface area (Å²) in [7, 11) is -3.61. The third-order valence-corrected chi connectivity index (χ3v) is 5.56. The van der Waals surface area contributed by atoms with Crippen LogP contribution < -0.4 is 0 Å². The van der Waals surface area contributed by atoms with Crippen LogP contribution in [0.3, 0.4) is 0 Å². The van der Waals surface area contributed by atoms with Gasteiger partial charge >= 0.3 is 6.09 Å². The van der Waals surface area contributed by atoms with Crippen molar-refractivity contribution in [1.29, 1.82) is 0 Å². The molecule has 0 aromatic heterocycles. The molecule has 0 spiro atoms. The lowest BCUT2D eigenvalue weighted by Crippen LogP contribution is -2.44. The maximum absolute atomic E-state index is 13.3. The second-order valence-corrected chi connectivity index (χ2v) is 8.83. The van der Waals surface area contributed by atoms with Crippen molar-refractivity contribution < 1.29 is 26.5 Å². The van der Waals surface area contributed by atoms with Crippen molar-refractivity contribution in [1.82, 2.24) is 4.90 Å². The molecule has 8 heteroatoms. The molecule has 0 aliphatic carbocycles. The van der Waals surface area contributed by atoms with Crippen molar-refractivity contribution in [2.75, 3.05) is 26.0 Å². The first-order chi connectivity index (χ1) is 13.8. The zero-order valence-corrected chi connectivity index (χ0v) is 17.0. The summed E-state index contributed by atoms with van der Waals surface area (Å²) in [5.41, 5.74) is 1.78. The van der Waals surface area contributed by atoms with Crippen LogP contribution in [0.4, 0.5) is 9.18 Å². The molecular weight excluding hydrogens is 397 g/mol. The van der Waals surface area contributed by atoms with Crippen LogP contribution in [0.15, 0.2) is 54.6 Å². The van der Waals surface area contributed by atoms with Crippen molar-refractivity contribution >= 4 is 16.2 Å². The number of carbonyl (C=O) groups is 1. The van der Waals surface area contributed by atoms with E-state index >= 15 is 0 Å². The van der Waals surface area contributed by atoms with Gasteiger partial charge in [-0.2, -0.15) is 8.42 Å². The number of piperidine rings is 1. The molecule has 0 saturated carbocycles. The molecule has 29 heavy (non-hydrogen) atoms. The summed E-state index contributed by atoms with van der Waals surface area (Å²) in [4.78, 5) is 14.1. The lowest BCUT2D eigenvalue weighted by atomic mass is 9.81. The molecule has 2 aromatic carbocycles. The highest BCUT2D eigenvalue weighted by Gasteiger charge is 2.34. The number of benzene rings is 2. The van der Waals surface area contributed by atoms with Crippen molar-refractivity contribution in [3.05, 3.63) is 71.5 Å². The van der Waals surface area contributed by atoms with Gasteiger partial charge in [-0.3, -0.25) is 4.18 Å². The van der Waals surface area contributed by atoms with Crippen LogP contribution in [0.25, 0.3) is 0 Å². The topological polar surface area (TPSA) is 72.9 Å². The second-order valence-electron chi connectivity index (χ2n) is 7.18. The number of hydrogen-bond donors (Lipinski definition) is 0. The molecule has 1 saturated heterocycles. The molecule has 156 valence electrons. The third kappa shape index (κ3) is 6.27. The van der Waals surface area contributed by atoms with E-state index in [-0.39, 0.29) is 30.9 Å². The summed E-state index contributed by atoms with van der Waals surface area (Å²) >= 11 is 0. The van der Waals surface area contributed by atoms with Gasteiger partial charge in [0.1, 0.15) is 12.4 Å². The minimum absolute atomic E-state index is 0.0458. The van der Waals surface area contributed by atoms with E-state index in [1.165, 1.54) is 12.1 Å². The van der Waals surface area contributed by atoms with Gasteiger partial charge in [0.05, 0.1) is 12.9 Å². The highest BCUT2D eigenvalue weighted by molar-refractivity contribution is 7.85. The smallest absolute Gasteiger partial charge is 0.410 e. The molecule has 2 atom stereocenters. The number of hydrogen-bond acceptors (Lipinski definition) is 5. The Kier molecular flexibility index (Phi) is 6.87. The Bertz CT molecular complexity index is 918. The maximum atomic E-state index is 13.3. The Morgan fingerprint density at radius 3 is 2.48 bits per heavy atom. The normalized spacial score (nSPS) is 19.7. The first-order valence-electron chi connectivity index (χ1n) is 9.37. The fraction of sp³-hybridized carbons (Fsp3) is 0.381. The van der Waals surface area contributed by atoms with Gasteiger partial charge in [-0.25, -0.2) is 9.18 Å². The Labute approximate surface area is 170 Å². The summed E-state index contributed by atoms with van der Waals surface area (Å²) in [6, 6.07) is 15.5. The minimum Gasteiger partial charge on any atom is -0.445 e. The van der Waals surface area contributed by atoms with E-state index in [4.69, 9.17) is 8.92 Å². The minimum atomic E-state index is -3.61. The summed E-state index contributed by atoms with van der Waals surface area (Å²) < 4.78 is 46.6. The van der Waals surface area contributed by atoms with E-state index in [1.807, 2.05) is 30.3 Å². The molecular formula is C21H24FNO5S. The zero-order valence-electron chi connectivity index (χ0n) is 16.2. The largest absolute Gasteiger partial charge is 0.445 e. The first kappa shape index (κ1) is 21.3. The molecule has 2 aromatic rings. The van der Waals surface area contributed by atoms with E-state index in [0.29, 0.717) is 19.5 Å². The lowest BCUT2D eigenvalue weighted by molar-refractivity contribution is 0.0651. The van der Waals surface area contributed by atoms with E-state index in [9.17, 15) is 17.6 Å². The molecule has 6 nitrogen and oxygen atoms in total. The molecule has 1 amide bonds. The molecule has 0 bridgehead atoms. The molecule has 0 radical (unpaired) electrons. The number of carbonyl (C=O) groups excluding carboxylic acids is 1. The van der Waals surface area contributed by atoms with E-state index < -0.39 is 16.2 Å². The Balaban J connectivity index is 1.67. The number of rotatable bonds is 6. The van der Waals surface area contributed by atoms with E-state index in [1.54, 1.807) is 17.0 Å². The fourth-order valence-corrected chi connectivity index (χ4v) is 3.96. The van der Waals surface area contributed by atoms with E-state index in [2.05, 4.69) is 0 Å². The molecule has 0 N–H and O–H groups in total. The van der Waals surface area contributed by atoms with Crippen LogP contribution in [-0.4, -0.2) is 45.4 Å². The fourth-order valence-electron chi connectivity index (χ4n) is 3.54. The lowest BCUT2D eigenvalue weighted by Gasteiger charge is -2.38. The molecule has 3 rings (SSSR count). The second kappa shape index (κ2) is 9.37. The quantitative estimate of drug-likeness (QED) is 0.667. The van der Waals surface area contributed by atoms with Gasteiger partial charge in [-0.1, -0.05) is 42.5 Å². The van der Waals surface area contributed by atoms with Gasteiger partial charge in [0.25, 0.3) is 10.1 Å². The predicted molar refractivity (Wildman–Crippen MR) is 106 cm³/mol. The Morgan fingerprint density at radius 2 is 1.83 bits per heavy atom. The van der Waals surface area contributed by atoms with Crippen molar-refractivity contribution in [2.24, 2.45) is 5.92 Å². The Morgan fingerprint density at radius 1 is 1.14 bits per heavy atom. The van der Waals surface area contributed by atoms with E-state index in [0.717, 1.165) is 17.4 Å². The summed E-state index contributed by atoms with van der Waals surface area (Å²) in [5, 5.41) is 0. The number of halogens is 1. The number of likely N-dealkylation sites (tertiary alicyclic amines) is 1. The number of nitrogens with zero attached hydrogens (tertiary/aromatic N) is 1. The van der Waals surface area contributed by atoms with Gasteiger partial charge in [0.15, 0.2) is 0 Å². The molecule has 1 aliphatic rings. The zero-order chi connectivity index (χ0) is 20.9. The third-order valence-electron chi connectivity index (χ3n) is 4.99. The van der Waals surface area contributed by atoms with Crippen molar-refractivity contribution in [2.45, 2.75) is 18.9 Å². The van der Waals surface area contributed by atoms with Crippen LogP contribution in [0.5, 0.6) is 0 Å². The monoisotopic (exact) mass is 421 g/mol. The standard InChI is InChI=1S/C21H24FNO5S/c1-29(25,26)28-15-18-13-23(21(24)27-14-16-5-3-2-4-6-16)12-11-20(18)17-7-9-19(22)10-8-17/h2-10,18,20H,11-15H2,1H3/t18-,20-/m0/s1. The molecule has 1 heterocycles. The molecule has 0 unspecified atom stereocenters. The van der Waals surface area contributed by atoms with Gasteiger partial charge in [-0.05, 0) is 35.6 Å². The highest BCUT2D eigenvalue weighted by Crippen LogP contribution is 2.34. The van der Waals surface area contributed by atoms with Gasteiger partial charge in [-0.15, -0.1) is 0 Å².